The molecule has 1 heterocycles. The predicted octanol–water partition coefficient (Wildman–Crippen LogP) is 2.99. The Kier molecular flexibility index (Phi) is 7.01. The highest BCUT2D eigenvalue weighted by Crippen LogP contribution is 2.24. The Labute approximate surface area is 161 Å². The van der Waals surface area contributed by atoms with Crippen molar-refractivity contribution in [2.24, 2.45) is 0 Å². The van der Waals surface area contributed by atoms with Crippen molar-refractivity contribution in [2.75, 3.05) is 18.1 Å². The fourth-order valence-corrected chi connectivity index (χ4v) is 4.97. The van der Waals surface area contributed by atoms with Crippen LogP contribution in [0.1, 0.15) is 18.1 Å². The van der Waals surface area contributed by atoms with Gasteiger partial charge in [0.1, 0.15) is 18.3 Å². The molecule has 0 aliphatic carbocycles. The second-order valence-corrected chi connectivity index (χ2v) is 8.82. The fourth-order valence-electron chi connectivity index (χ4n) is 3.26. The van der Waals surface area contributed by atoms with E-state index in [2.05, 4.69) is 0 Å². The molecule has 2 aromatic rings. The van der Waals surface area contributed by atoms with E-state index in [1.54, 1.807) is 0 Å². The minimum atomic E-state index is -3.25. The van der Waals surface area contributed by atoms with Crippen LogP contribution < -0.4 is 0 Å². The van der Waals surface area contributed by atoms with Gasteiger partial charge in [-0.3, -0.25) is 0 Å². The first kappa shape index (κ1) is 20.0. The van der Waals surface area contributed by atoms with Crippen molar-refractivity contribution in [2.45, 2.75) is 38.4 Å². The number of sulfone groups is 1. The molecule has 0 aromatic heterocycles. The van der Waals surface area contributed by atoms with Crippen LogP contribution in [0.25, 0.3) is 0 Å². The molecule has 0 spiro atoms. The molecule has 0 radical (unpaired) electrons. The van der Waals surface area contributed by atoms with Crippen molar-refractivity contribution in [1.82, 2.24) is 0 Å². The summed E-state index contributed by atoms with van der Waals surface area (Å²) in [7, 11) is -3.25. The molecule has 3 rings (SSSR count). The molecule has 1 aliphatic rings. The normalized spacial score (nSPS) is 24.6. The summed E-state index contributed by atoms with van der Waals surface area (Å²) in [5.74, 6) is -0.0889. The van der Waals surface area contributed by atoms with Gasteiger partial charge in [-0.1, -0.05) is 60.7 Å². The second kappa shape index (κ2) is 9.46. The summed E-state index contributed by atoms with van der Waals surface area (Å²) in [5, 5.41) is 0. The maximum Gasteiger partial charge on any atom is 0.155 e. The number of benzene rings is 2. The lowest BCUT2D eigenvalue weighted by atomic mass is 10.1. The van der Waals surface area contributed by atoms with E-state index in [4.69, 9.17) is 14.2 Å². The van der Waals surface area contributed by atoms with Crippen LogP contribution in [0.15, 0.2) is 60.7 Å². The van der Waals surface area contributed by atoms with E-state index in [0.717, 1.165) is 11.1 Å². The van der Waals surface area contributed by atoms with Gasteiger partial charge in [0.05, 0.1) is 24.7 Å². The standard InChI is InChI=1S/C21H26O5S/c1-2-24-19-15-27(22,23)16-20(25-13-17-9-5-3-6-10-17)21(19)26-14-18-11-7-4-8-12-18/h3-12,19-21H,2,13-16H2,1H3/t19-,20-,21+/m1/s1. The van der Waals surface area contributed by atoms with Crippen LogP contribution in [0.5, 0.6) is 0 Å². The zero-order chi connectivity index (χ0) is 19.1. The monoisotopic (exact) mass is 390 g/mol. The summed E-state index contributed by atoms with van der Waals surface area (Å²) >= 11 is 0. The Morgan fingerprint density at radius 1 is 0.778 bits per heavy atom. The Morgan fingerprint density at radius 2 is 1.26 bits per heavy atom. The molecule has 3 atom stereocenters. The molecule has 1 aliphatic heterocycles. The van der Waals surface area contributed by atoms with Crippen LogP contribution in [0.4, 0.5) is 0 Å². The Hall–Kier alpha value is -1.73. The van der Waals surface area contributed by atoms with Crippen LogP contribution in [-0.4, -0.2) is 44.8 Å². The van der Waals surface area contributed by atoms with Gasteiger partial charge in [-0.25, -0.2) is 8.42 Å². The van der Waals surface area contributed by atoms with Crippen LogP contribution in [0, 0.1) is 0 Å². The lowest BCUT2D eigenvalue weighted by Crippen LogP contribution is -2.54. The van der Waals surface area contributed by atoms with E-state index >= 15 is 0 Å². The maximum absolute atomic E-state index is 12.4. The fraction of sp³-hybridized carbons (Fsp3) is 0.429. The van der Waals surface area contributed by atoms with Gasteiger partial charge in [0.15, 0.2) is 9.84 Å². The number of hydrogen-bond donors (Lipinski definition) is 0. The van der Waals surface area contributed by atoms with Crippen LogP contribution in [0.3, 0.4) is 0 Å². The van der Waals surface area contributed by atoms with Gasteiger partial charge in [-0.05, 0) is 18.1 Å². The second-order valence-electron chi connectivity index (χ2n) is 6.67. The number of ether oxygens (including phenoxy) is 3. The van der Waals surface area contributed by atoms with E-state index in [9.17, 15) is 8.42 Å². The molecule has 6 heteroatoms. The Morgan fingerprint density at radius 3 is 1.78 bits per heavy atom. The van der Waals surface area contributed by atoms with Gasteiger partial charge in [0, 0.05) is 6.61 Å². The van der Waals surface area contributed by atoms with Crippen LogP contribution in [0.2, 0.25) is 0 Å². The van der Waals surface area contributed by atoms with Gasteiger partial charge in [-0.2, -0.15) is 0 Å². The molecule has 0 unspecified atom stereocenters. The van der Waals surface area contributed by atoms with Crippen molar-refractivity contribution >= 4 is 9.84 Å². The predicted molar refractivity (Wildman–Crippen MR) is 104 cm³/mol. The first-order valence-electron chi connectivity index (χ1n) is 9.20. The summed E-state index contributed by atoms with van der Waals surface area (Å²) in [6, 6.07) is 19.5. The minimum absolute atomic E-state index is 0.0362. The van der Waals surface area contributed by atoms with E-state index in [1.807, 2.05) is 67.6 Å². The minimum Gasteiger partial charge on any atom is -0.375 e. The first-order chi connectivity index (χ1) is 13.1. The molecule has 1 fully saturated rings. The van der Waals surface area contributed by atoms with Crippen molar-refractivity contribution in [3.05, 3.63) is 71.8 Å². The Bertz CT molecular complexity index is 792. The van der Waals surface area contributed by atoms with Gasteiger partial charge < -0.3 is 14.2 Å². The molecular formula is C21H26O5S. The molecule has 5 nitrogen and oxygen atoms in total. The molecule has 0 N–H and O–H groups in total. The molecular weight excluding hydrogens is 364 g/mol. The first-order valence-corrected chi connectivity index (χ1v) is 11.0. The quantitative estimate of drug-likeness (QED) is 0.693. The maximum atomic E-state index is 12.4. The van der Waals surface area contributed by atoms with E-state index in [1.165, 1.54) is 0 Å². The third kappa shape index (κ3) is 5.87. The zero-order valence-electron chi connectivity index (χ0n) is 15.5. The Balaban J connectivity index is 1.73. The number of rotatable bonds is 8. The largest absolute Gasteiger partial charge is 0.375 e. The summed E-state index contributed by atoms with van der Waals surface area (Å²) in [6.45, 7) is 3.01. The lowest BCUT2D eigenvalue weighted by Gasteiger charge is -2.37. The summed E-state index contributed by atoms with van der Waals surface area (Å²) in [6.07, 6.45) is -1.53. The van der Waals surface area contributed by atoms with Crippen LogP contribution in [-0.2, 0) is 37.3 Å². The summed E-state index contributed by atoms with van der Waals surface area (Å²) in [5.41, 5.74) is 2.03. The molecule has 146 valence electrons. The number of hydrogen-bond acceptors (Lipinski definition) is 5. The van der Waals surface area contributed by atoms with Crippen molar-refractivity contribution < 1.29 is 22.6 Å². The SMILES string of the molecule is CCO[C@@H]1CS(=O)(=O)C[C@@H](OCc2ccccc2)[C@H]1OCc1ccccc1. The van der Waals surface area contributed by atoms with E-state index < -0.39 is 28.1 Å². The molecule has 1 saturated heterocycles. The smallest absolute Gasteiger partial charge is 0.155 e. The molecule has 0 amide bonds. The van der Waals surface area contributed by atoms with Crippen LogP contribution >= 0.6 is 0 Å². The summed E-state index contributed by atoms with van der Waals surface area (Å²) < 4.78 is 42.6. The average molecular weight is 391 g/mol. The molecule has 27 heavy (non-hydrogen) atoms. The van der Waals surface area contributed by atoms with Gasteiger partial charge in [-0.15, -0.1) is 0 Å². The van der Waals surface area contributed by atoms with E-state index in [-0.39, 0.29) is 11.5 Å². The highest BCUT2D eigenvalue weighted by atomic mass is 32.2. The van der Waals surface area contributed by atoms with Gasteiger partial charge >= 0.3 is 0 Å². The molecule has 0 bridgehead atoms. The van der Waals surface area contributed by atoms with E-state index in [0.29, 0.717) is 19.8 Å². The third-order valence-electron chi connectivity index (χ3n) is 4.54. The van der Waals surface area contributed by atoms with Crippen molar-refractivity contribution in [3.63, 3.8) is 0 Å². The summed E-state index contributed by atoms with van der Waals surface area (Å²) in [4.78, 5) is 0. The average Bonchev–Trinajstić information content (AvgIpc) is 2.67. The topological polar surface area (TPSA) is 61.8 Å². The molecule has 0 saturated carbocycles. The zero-order valence-corrected chi connectivity index (χ0v) is 16.3. The highest BCUT2D eigenvalue weighted by Gasteiger charge is 2.42. The molecule has 2 aromatic carbocycles. The van der Waals surface area contributed by atoms with Gasteiger partial charge in [0.25, 0.3) is 0 Å². The lowest BCUT2D eigenvalue weighted by molar-refractivity contribution is -0.137. The highest BCUT2D eigenvalue weighted by molar-refractivity contribution is 7.91. The van der Waals surface area contributed by atoms with Crippen molar-refractivity contribution in [3.8, 4) is 0 Å². The van der Waals surface area contributed by atoms with Crippen molar-refractivity contribution in [1.29, 1.82) is 0 Å². The third-order valence-corrected chi connectivity index (χ3v) is 6.21. The van der Waals surface area contributed by atoms with Gasteiger partial charge in [0.2, 0.25) is 0 Å².